The Morgan fingerprint density at radius 3 is 1.42 bits per heavy atom. The molecule has 0 saturated carbocycles. The van der Waals surface area contributed by atoms with Gasteiger partial charge in [0, 0.05) is 0 Å². The average Bonchev–Trinajstić information content (AvgIpc) is 2.83. The largest absolute Gasteiger partial charge is 0.465 e. The van der Waals surface area contributed by atoms with Gasteiger partial charge in [0.1, 0.15) is 0 Å². The Bertz CT molecular complexity index is 606. The number of carbonyl (C=O) groups excluding carboxylic acids is 2. The third kappa shape index (κ3) is 12.7. The molecular weight excluding hydrogens is 490 g/mol. The van der Waals surface area contributed by atoms with Crippen LogP contribution in [0.3, 0.4) is 0 Å². The Balaban J connectivity index is 4.29. The van der Waals surface area contributed by atoms with E-state index in [4.69, 9.17) is 4.74 Å². The van der Waals surface area contributed by atoms with E-state index >= 15 is 0 Å². The zero-order valence-electron chi connectivity index (χ0n) is 22.0. The highest BCUT2D eigenvalue weighted by atomic mass is 19.4. The molecule has 36 heavy (non-hydrogen) atoms. The quantitative estimate of drug-likeness (QED) is 0.0641. The number of rotatable bonds is 21. The number of alkyl halides is 6. The summed E-state index contributed by atoms with van der Waals surface area (Å²) < 4.78 is 86.2. The molecule has 4 nitrogen and oxygen atoms in total. The van der Waals surface area contributed by atoms with Crippen molar-refractivity contribution < 1.29 is 45.4 Å². The van der Waals surface area contributed by atoms with Crippen LogP contribution >= 0.6 is 0 Å². The van der Waals surface area contributed by atoms with Crippen molar-refractivity contribution >= 4 is 11.9 Å². The lowest BCUT2D eigenvalue weighted by molar-refractivity contribution is -0.255. The molecule has 0 aromatic carbocycles. The standard InChI is InChI=1S/C26H44F6O4/c1-4-7-8-9-10-11-12-13-14-15-16-17-18-19-35-22(33)24(5-2,6-3)23(34)36-20-25(28,29)21(27)26(30,31)32/h21H,4-20H2,1-3H3. The van der Waals surface area contributed by atoms with Gasteiger partial charge in [0.05, 0.1) is 6.61 Å². The number of unbranched alkanes of at least 4 members (excludes halogenated alkanes) is 12. The lowest BCUT2D eigenvalue weighted by Crippen LogP contribution is -2.47. The van der Waals surface area contributed by atoms with Crippen molar-refractivity contribution in [1.29, 1.82) is 0 Å². The minimum absolute atomic E-state index is 0.0302. The first-order valence-electron chi connectivity index (χ1n) is 13.3. The van der Waals surface area contributed by atoms with Gasteiger partial charge in [0.2, 0.25) is 0 Å². The van der Waals surface area contributed by atoms with Crippen LogP contribution in [0.25, 0.3) is 0 Å². The molecule has 1 unspecified atom stereocenters. The van der Waals surface area contributed by atoms with Crippen molar-refractivity contribution in [3.8, 4) is 0 Å². The van der Waals surface area contributed by atoms with Crippen LogP contribution in [0.4, 0.5) is 26.3 Å². The molecule has 0 rings (SSSR count). The van der Waals surface area contributed by atoms with Crippen molar-refractivity contribution in [2.45, 2.75) is 135 Å². The molecule has 0 heterocycles. The minimum Gasteiger partial charge on any atom is -0.465 e. The fraction of sp³-hybridized carbons (Fsp3) is 0.923. The highest BCUT2D eigenvalue weighted by Crippen LogP contribution is 2.36. The summed E-state index contributed by atoms with van der Waals surface area (Å²) >= 11 is 0. The first-order valence-corrected chi connectivity index (χ1v) is 13.3. The molecule has 10 heteroatoms. The maximum Gasteiger partial charge on any atom is 0.425 e. The summed E-state index contributed by atoms with van der Waals surface area (Å²) in [5.74, 6) is -7.40. The van der Waals surface area contributed by atoms with Gasteiger partial charge in [-0.25, -0.2) is 4.39 Å². The molecule has 0 N–H and O–H groups in total. The predicted octanol–water partition coefficient (Wildman–Crippen LogP) is 8.51. The summed E-state index contributed by atoms with van der Waals surface area (Å²) in [7, 11) is 0. The second-order valence-electron chi connectivity index (χ2n) is 9.41. The van der Waals surface area contributed by atoms with Gasteiger partial charge in [0.15, 0.2) is 12.0 Å². The first kappa shape index (κ1) is 34.5. The summed E-state index contributed by atoms with van der Waals surface area (Å²) in [5, 5.41) is 0. The zero-order chi connectivity index (χ0) is 27.7. The minimum atomic E-state index is -5.81. The van der Waals surface area contributed by atoms with Crippen molar-refractivity contribution in [2.24, 2.45) is 5.41 Å². The number of ether oxygens (including phenoxy) is 2. The smallest absolute Gasteiger partial charge is 0.425 e. The zero-order valence-corrected chi connectivity index (χ0v) is 22.0. The topological polar surface area (TPSA) is 52.6 Å². The highest BCUT2D eigenvalue weighted by molar-refractivity contribution is 6.00. The van der Waals surface area contributed by atoms with Crippen LogP contribution in [0.15, 0.2) is 0 Å². The van der Waals surface area contributed by atoms with Crippen molar-refractivity contribution in [1.82, 2.24) is 0 Å². The Morgan fingerprint density at radius 1 is 0.639 bits per heavy atom. The third-order valence-electron chi connectivity index (χ3n) is 6.52. The fourth-order valence-corrected chi connectivity index (χ4v) is 3.95. The van der Waals surface area contributed by atoms with Crippen LogP contribution in [0, 0.1) is 5.41 Å². The summed E-state index contributed by atoms with van der Waals surface area (Å²) in [6.45, 7) is 2.98. The van der Waals surface area contributed by atoms with E-state index in [9.17, 15) is 35.9 Å². The molecule has 0 amide bonds. The van der Waals surface area contributed by atoms with E-state index in [2.05, 4.69) is 11.7 Å². The van der Waals surface area contributed by atoms with E-state index in [1.54, 1.807) is 0 Å². The number of carbonyl (C=O) groups is 2. The van der Waals surface area contributed by atoms with Crippen molar-refractivity contribution in [3.63, 3.8) is 0 Å². The first-order chi connectivity index (χ1) is 16.9. The monoisotopic (exact) mass is 534 g/mol. The summed E-state index contributed by atoms with van der Waals surface area (Å²) in [4.78, 5) is 24.9. The van der Waals surface area contributed by atoms with Gasteiger partial charge in [-0.3, -0.25) is 9.59 Å². The second kappa shape index (κ2) is 17.9. The fourth-order valence-electron chi connectivity index (χ4n) is 3.95. The Morgan fingerprint density at radius 2 is 1.03 bits per heavy atom. The van der Waals surface area contributed by atoms with E-state index in [0.29, 0.717) is 6.42 Å². The van der Waals surface area contributed by atoms with E-state index in [1.165, 1.54) is 65.2 Å². The number of hydrogen-bond donors (Lipinski definition) is 0. The number of hydrogen-bond acceptors (Lipinski definition) is 4. The Hall–Kier alpha value is -1.48. The van der Waals surface area contributed by atoms with Crippen LogP contribution in [-0.2, 0) is 19.1 Å². The van der Waals surface area contributed by atoms with Crippen LogP contribution in [0.5, 0.6) is 0 Å². The van der Waals surface area contributed by atoms with Crippen LogP contribution in [0.1, 0.15) is 117 Å². The molecule has 0 spiro atoms. The van der Waals surface area contributed by atoms with Gasteiger partial charge in [-0.2, -0.15) is 22.0 Å². The van der Waals surface area contributed by atoms with Gasteiger partial charge in [-0.05, 0) is 19.3 Å². The molecular formula is C26H44F6O4. The van der Waals surface area contributed by atoms with E-state index in [1.807, 2.05) is 0 Å². The SMILES string of the molecule is CCCCCCCCCCCCCCCOC(=O)C(CC)(CC)C(=O)OCC(F)(F)C(F)C(F)(F)F. The van der Waals surface area contributed by atoms with E-state index in [-0.39, 0.29) is 19.4 Å². The predicted molar refractivity (Wildman–Crippen MR) is 127 cm³/mol. The lowest BCUT2D eigenvalue weighted by Gasteiger charge is -2.28. The van der Waals surface area contributed by atoms with Gasteiger partial charge in [0.25, 0.3) is 6.17 Å². The van der Waals surface area contributed by atoms with Crippen molar-refractivity contribution in [3.05, 3.63) is 0 Å². The molecule has 0 saturated heterocycles. The molecule has 0 fully saturated rings. The van der Waals surface area contributed by atoms with Crippen molar-refractivity contribution in [2.75, 3.05) is 13.2 Å². The molecule has 0 radical (unpaired) electrons. The lowest BCUT2D eigenvalue weighted by atomic mass is 9.82. The maximum atomic E-state index is 13.5. The molecule has 0 aliphatic carbocycles. The summed E-state index contributed by atoms with van der Waals surface area (Å²) in [6, 6.07) is 0. The molecule has 214 valence electrons. The van der Waals surface area contributed by atoms with Crippen LogP contribution in [0.2, 0.25) is 0 Å². The van der Waals surface area contributed by atoms with Gasteiger partial charge in [-0.15, -0.1) is 0 Å². The highest BCUT2D eigenvalue weighted by Gasteiger charge is 2.58. The van der Waals surface area contributed by atoms with E-state index < -0.39 is 42.2 Å². The van der Waals surface area contributed by atoms with Gasteiger partial charge >= 0.3 is 24.0 Å². The second-order valence-corrected chi connectivity index (χ2v) is 9.41. The molecule has 1 atom stereocenters. The normalized spacial score (nSPS) is 13.5. The van der Waals surface area contributed by atoms with Gasteiger partial charge < -0.3 is 9.47 Å². The summed E-state index contributed by atoms with van der Waals surface area (Å²) in [5.41, 5.74) is -1.93. The van der Waals surface area contributed by atoms with Gasteiger partial charge in [-0.1, -0.05) is 97.8 Å². The molecule has 0 aliphatic heterocycles. The Kier molecular flexibility index (Phi) is 17.1. The van der Waals surface area contributed by atoms with Crippen LogP contribution in [-0.4, -0.2) is 43.4 Å². The molecule has 0 aromatic heterocycles. The molecule has 0 aliphatic rings. The number of esters is 2. The molecule has 0 aromatic rings. The maximum absolute atomic E-state index is 13.5. The van der Waals surface area contributed by atoms with E-state index in [0.717, 1.165) is 25.7 Å². The average molecular weight is 535 g/mol. The third-order valence-corrected chi connectivity index (χ3v) is 6.52. The van der Waals surface area contributed by atoms with Crippen LogP contribution < -0.4 is 0 Å². The molecule has 0 bridgehead atoms. The summed E-state index contributed by atoms with van der Waals surface area (Å²) in [6.07, 6.45) is 4.15. The Labute approximate surface area is 211 Å². The number of halogens is 6.